The van der Waals surface area contributed by atoms with E-state index in [-0.39, 0.29) is 4.90 Å². The Hall–Kier alpha value is -0.430. The molecule has 0 saturated heterocycles. The molecule has 0 N–H and O–H groups in total. The summed E-state index contributed by atoms with van der Waals surface area (Å²) < 4.78 is 23.7. The fourth-order valence-electron chi connectivity index (χ4n) is 0.773. The van der Waals surface area contributed by atoms with Gasteiger partial charge in [-0.25, -0.2) is 8.42 Å². The molecular weight excluding hydrogens is 258 g/mol. The lowest BCUT2D eigenvalue weighted by Gasteiger charge is -2.10. The van der Waals surface area contributed by atoms with Crippen LogP contribution in [0.4, 0.5) is 0 Å². The first-order valence-corrected chi connectivity index (χ1v) is 5.54. The fourth-order valence-corrected chi connectivity index (χ4v) is 2.14. The topological polar surface area (TPSA) is 46.6 Å². The van der Waals surface area contributed by atoms with Crippen LogP contribution in [0.15, 0.2) is 35.2 Å². The van der Waals surface area contributed by atoms with Crippen LogP contribution in [-0.4, -0.2) is 19.0 Å². The summed E-state index contributed by atoms with van der Waals surface area (Å²) >= 11 is 2.76. The highest BCUT2D eigenvalue weighted by Gasteiger charge is 2.21. The lowest BCUT2D eigenvalue weighted by Crippen LogP contribution is -2.19. The molecule has 1 rings (SSSR count). The highest BCUT2D eigenvalue weighted by molar-refractivity contribution is 9.08. The summed E-state index contributed by atoms with van der Waals surface area (Å²) in [6.07, 6.45) is 0. The van der Waals surface area contributed by atoms with Crippen molar-refractivity contribution >= 4 is 26.2 Å². The third-order valence-electron chi connectivity index (χ3n) is 1.37. The van der Waals surface area contributed by atoms with Gasteiger partial charge >= 0.3 is 0 Å². The average Bonchev–Trinajstić information content (AvgIpc) is 2.18. The average molecular weight is 266 g/mol. The molecule has 0 bridgehead atoms. The summed E-state index contributed by atoms with van der Waals surface area (Å²) in [4.78, 5) is 4.71. The van der Waals surface area contributed by atoms with Crippen molar-refractivity contribution < 1.29 is 13.3 Å². The van der Waals surface area contributed by atoms with E-state index in [0.29, 0.717) is 3.49 Å². The summed E-state index contributed by atoms with van der Waals surface area (Å²) in [6, 6.07) is 8.00. The Kier molecular flexibility index (Phi) is 3.43. The summed E-state index contributed by atoms with van der Waals surface area (Å²) in [7, 11) is -2.30. The van der Waals surface area contributed by atoms with Gasteiger partial charge in [0.25, 0.3) is 10.0 Å². The highest BCUT2D eigenvalue weighted by Crippen LogP contribution is 2.17. The van der Waals surface area contributed by atoms with Crippen molar-refractivity contribution in [1.82, 2.24) is 3.49 Å². The molecule has 6 heteroatoms. The molecule has 0 radical (unpaired) electrons. The second-order valence-electron chi connectivity index (χ2n) is 2.18. The standard InChI is InChI=1S/C7H8BrNO3S/c1-12-9(8)13(10,11)7-5-3-2-4-6-7/h2-6H,1H3. The molecule has 0 aliphatic carbocycles. The molecule has 0 saturated carbocycles. The molecule has 13 heavy (non-hydrogen) atoms. The lowest BCUT2D eigenvalue weighted by atomic mass is 10.4. The normalized spacial score (nSPS) is 11.9. The number of sulfonamides is 1. The van der Waals surface area contributed by atoms with Gasteiger partial charge in [-0.05, 0) is 15.6 Å². The van der Waals surface area contributed by atoms with Gasteiger partial charge in [-0.3, -0.25) is 4.84 Å². The van der Waals surface area contributed by atoms with Gasteiger partial charge in [0.05, 0.1) is 28.2 Å². The van der Waals surface area contributed by atoms with Crippen LogP contribution in [0.3, 0.4) is 0 Å². The molecule has 0 amide bonds. The zero-order valence-electron chi connectivity index (χ0n) is 6.84. The van der Waals surface area contributed by atoms with Gasteiger partial charge in [-0.15, -0.1) is 0 Å². The first-order valence-electron chi connectivity index (χ1n) is 3.39. The second kappa shape index (κ2) is 4.19. The van der Waals surface area contributed by atoms with Gasteiger partial charge in [-0.2, -0.15) is 0 Å². The molecule has 4 nitrogen and oxygen atoms in total. The second-order valence-corrected chi connectivity index (χ2v) is 5.05. The first kappa shape index (κ1) is 10.6. The number of rotatable bonds is 3. The molecule has 1 aromatic carbocycles. The maximum Gasteiger partial charge on any atom is 0.275 e. The summed E-state index contributed by atoms with van der Waals surface area (Å²) in [6.45, 7) is 0. The number of benzene rings is 1. The lowest BCUT2D eigenvalue weighted by molar-refractivity contribution is 0.0478. The van der Waals surface area contributed by atoms with E-state index in [1.807, 2.05) is 0 Å². The largest absolute Gasteiger partial charge is 0.277 e. The van der Waals surface area contributed by atoms with Crippen LogP contribution in [0.25, 0.3) is 0 Å². The van der Waals surface area contributed by atoms with Crippen LogP contribution in [0.5, 0.6) is 0 Å². The highest BCUT2D eigenvalue weighted by atomic mass is 79.9. The maximum absolute atomic E-state index is 11.5. The predicted octanol–water partition coefficient (Wildman–Crippen LogP) is 1.55. The molecular formula is C7H8BrNO3S. The molecule has 0 aliphatic heterocycles. The molecule has 0 aliphatic rings. The minimum Gasteiger partial charge on any atom is -0.277 e. The molecule has 0 spiro atoms. The van der Waals surface area contributed by atoms with Crippen molar-refractivity contribution in [1.29, 1.82) is 0 Å². The van der Waals surface area contributed by atoms with Gasteiger partial charge in [0.15, 0.2) is 0 Å². The third-order valence-corrected chi connectivity index (χ3v) is 4.20. The van der Waals surface area contributed by atoms with Gasteiger partial charge in [0, 0.05) is 0 Å². The van der Waals surface area contributed by atoms with Crippen LogP contribution in [0, 0.1) is 0 Å². The fraction of sp³-hybridized carbons (Fsp3) is 0.143. The summed E-state index contributed by atoms with van der Waals surface area (Å²) in [5.41, 5.74) is 0. The van der Waals surface area contributed by atoms with Crippen molar-refractivity contribution in [2.75, 3.05) is 7.11 Å². The van der Waals surface area contributed by atoms with E-state index in [9.17, 15) is 8.42 Å². The van der Waals surface area contributed by atoms with Crippen LogP contribution in [0.1, 0.15) is 0 Å². The number of nitrogens with zero attached hydrogens (tertiary/aromatic N) is 1. The molecule has 1 aromatic rings. The van der Waals surface area contributed by atoms with Crippen molar-refractivity contribution in [3.8, 4) is 0 Å². The molecule has 0 fully saturated rings. The zero-order valence-corrected chi connectivity index (χ0v) is 9.25. The van der Waals surface area contributed by atoms with E-state index in [0.717, 1.165) is 0 Å². The Bertz CT molecular complexity index is 365. The number of hydrogen-bond acceptors (Lipinski definition) is 3. The monoisotopic (exact) mass is 265 g/mol. The first-order chi connectivity index (χ1) is 6.09. The Morgan fingerprint density at radius 1 is 1.31 bits per heavy atom. The smallest absolute Gasteiger partial charge is 0.275 e. The Morgan fingerprint density at radius 3 is 2.31 bits per heavy atom. The van der Waals surface area contributed by atoms with Gasteiger partial charge in [0.1, 0.15) is 0 Å². The minimum atomic E-state index is -3.56. The van der Waals surface area contributed by atoms with Crippen molar-refractivity contribution in [3.05, 3.63) is 30.3 Å². The van der Waals surface area contributed by atoms with Gasteiger partial charge in [0.2, 0.25) is 0 Å². The van der Waals surface area contributed by atoms with Crippen molar-refractivity contribution in [3.63, 3.8) is 0 Å². The summed E-state index contributed by atoms with van der Waals surface area (Å²) in [5, 5.41) is 0. The number of halogens is 1. The Morgan fingerprint density at radius 2 is 1.85 bits per heavy atom. The molecule has 0 unspecified atom stereocenters. The van der Waals surface area contributed by atoms with Gasteiger partial charge in [-0.1, -0.05) is 18.2 Å². The van der Waals surface area contributed by atoms with Crippen LogP contribution < -0.4 is 0 Å². The minimum absolute atomic E-state index is 0.175. The van der Waals surface area contributed by atoms with E-state index < -0.39 is 10.0 Å². The van der Waals surface area contributed by atoms with Crippen molar-refractivity contribution in [2.24, 2.45) is 0 Å². The van der Waals surface area contributed by atoms with Crippen LogP contribution in [0.2, 0.25) is 0 Å². The maximum atomic E-state index is 11.5. The van der Waals surface area contributed by atoms with E-state index in [4.69, 9.17) is 0 Å². The summed E-state index contributed by atoms with van der Waals surface area (Å²) in [5.74, 6) is 0. The molecule has 0 atom stereocenters. The van der Waals surface area contributed by atoms with E-state index in [1.54, 1.807) is 18.2 Å². The Balaban J connectivity index is 3.09. The zero-order chi connectivity index (χ0) is 9.90. The third kappa shape index (κ3) is 2.28. The van der Waals surface area contributed by atoms with Gasteiger partial charge < -0.3 is 0 Å². The molecule has 0 aromatic heterocycles. The van der Waals surface area contributed by atoms with E-state index >= 15 is 0 Å². The quantitative estimate of drug-likeness (QED) is 0.616. The van der Waals surface area contributed by atoms with Crippen molar-refractivity contribution in [2.45, 2.75) is 4.90 Å². The van der Waals surface area contributed by atoms with E-state index in [2.05, 4.69) is 21.0 Å². The molecule has 0 heterocycles. The molecule has 72 valence electrons. The predicted molar refractivity (Wildman–Crippen MR) is 51.4 cm³/mol. The number of hydrogen-bond donors (Lipinski definition) is 0. The SMILES string of the molecule is CON(Br)S(=O)(=O)c1ccccc1. The van der Waals surface area contributed by atoms with Crippen LogP contribution >= 0.6 is 16.1 Å². The van der Waals surface area contributed by atoms with E-state index in [1.165, 1.54) is 19.2 Å². The van der Waals surface area contributed by atoms with Crippen LogP contribution in [-0.2, 0) is 14.9 Å². The Labute approximate surface area is 85.5 Å².